The summed E-state index contributed by atoms with van der Waals surface area (Å²) < 4.78 is 10.8. The molecular formula is C22H24N4O2. The van der Waals surface area contributed by atoms with Crippen molar-refractivity contribution in [2.24, 2.45) is 0 Å². The maximum absolute atomic E-state index is 5.43. The molecule has 0 saturated carbocycles. The zero-order chi connectivity index (χ0) is 19.7. The zero-order valence-corrected chi connectivity index (χ0v) is 16.5. The number of hydrogen-bond acceptors (Lipinski definition) is 6. The highest BCUT2D eigenvalue weighted by molar-refractivity contribution is 5.65. The molecule has 2 aromatic carbocycles. The summed E-state index contributed by atoms with van der Waals surface area (Å²) in [5.41, 5.74) is 4.02. The Morgan fingerprint density at radius 3 is 2.50 bits per heavy atom. The number of nitrogens with one attached hydrogen (secondary N) is 2. The van der Waals surface area contributed by atoms with Crippen molar-refractivity contribution in [3.8, 4) is 11.5 Å². The third-order valence-corrected chi connectivity index (χ3v) is 4.48. The maximum atomic E-state index is 5.43. The standard InChI is InChI=1S/C22H24N4O2/c1-14-11-20(25-17-8-6-5-7-16(17)22(2,3)4)26-21(23-14)24-15-9-10-18-19(12-15)28-13-27-18/h5-12H,13H2,1-4H3,(H2,23,24,25,26). The fraction of sp³-hybridized carbons (Fsp3) is 0.273. The Hall–Kier alpha value is -3.28. The van der Waals surface area contributed by atoms with Crippen LogP contribution in [0.25, 0.3) is 0 Å². The Morgan fingerprint density at radius 1 is 0.893 bits per heavy atom. The first-order chi connectivity index (χ1) is 13.4. The predicted molar refractivity (Wildman–Crippen MR) is 111 cm³/mol. The molecule has 6 nitrogen and oxygen atoms in total. The first-order valence-corrected chi connectivity index (χ1v) is 9.27. The molecule has 0 unspecified atom stereocenters. The van der Waals surface area contributed by atoms with Gasteiger partial charge in [0.25, 0.3) is 0 Å². The number of benzene rings is 2. The summed E-state index contributed by atoms with van der Waals surface area (Å²) in [6.45, 7) is 8.80. The molecule has 3 aromatic rings. The Balaban J connectivity index is 1.60. The Bertz CT molecular complexity index is 1010. The number of anilines is 4. The average Bonchev–Trinajstić information content (AvgIpc) is 3.08. The van der Waals surface area contributed by atoms with E-state index in [1.807, 2.05) is 37.3 Å². The molecule has 2 N–H and O–H groups in total. The molecule has 144 valence electrons. The molecule has 1 aromatic heterocycles. The van der Waals surface area contributed by atoms with Crippen LogP contribution in [0.3, 0.4) is 0 Å². The molecule has 0 radical (unpaired) electrons. The summed E-state index contributed by atoms with van der Waals surface area (Å²) in [5.74, 6) is 2.73. The van der Waals surface area contributed by atoms with Crippen LogP contribution in [-0.2, 0) is 5.41 Å². The highest BCUT2D eigenvalue weighted by atomic mass is 16.7. The second-order valence-corrected chi connectivity index (χ2v) is 7.83. The van der Waals surface area contributed by atoms with Crippen molar-refractivity contribution >= 4 is 23.1 Å². The third-order valence-electron chi connectivity index (χ3n) is 4.48. The van der Waals surface area contributed by atoms with Gasteiger partial charge in [0.2, 0.25) is 12.7 Å². The summed E-state index contributed by atoms with van der Waals surface area (Å²) >= 11 is 0. The molecule has 0 bridgehead atoms. The van der Waals surface area contributed by atoms with E-state index in [4.69, 9.17) is 9.47 Å². The maximum Gasteiger partial charge on any atom is 0.231 e. The molecule has 0 fully saturated rings. The largest absolute Gasteiger partial charge is 0.454 e. The SMILES string of the molecule is Cc1cc(Nc2ccccc2C(C)(C)C)nc(Nc2ccc3c(c2)OCO3)n1. The molecule has 0 atom stereocenters. The lowest BCUT2D eigenvalue weighted by Gasteiger charge is -2.23. The number of nitrogens with zero attached hydrogens (tertiary/aromatic N) is 2. The van der Waals surface area contributed by atoms with Gasteiger partial charge in [-0.3, -0.25) is 0 Å². The summed E-state index contributed by atoms with van der Waals surface area (Å²) in [6.07, 6.45) is 0. The Kier molecular flexibility index (Phi) is 4.55. The summed E-state index contributed by atoms with van der Waals surface area (Å²) in [5, 5.41) is 6.70. The second-order valence-electron chi connectivity index (χ2n) is 7.83. The van der Waals surface area contributed by atoms with Crippen molar-refractivity contribution in [1.82, 2.24) is 9.97 Å². The van der Waals surface area contributed by atoms with Gasteiger partial charge in [0.1, 0.15) is 5.82 Å². The van der Waals surface area contributed by atoms with E-state index in [0.29, 0.717) is 5.95 Å². The van der Waals surface area contributed by atoms with Gasteiger partial charge in [-0.2, -0.15) is 4.98 Å². The van der Waals surface area contributed by atoms with Gasteiger partial charge >= 0.3 is 0 Å². The van der Waals surface area contributed by atoms with Crippen LogP contribution in [0.1, 0.15) is 32.0 Å². The molecule has 6 heteroatoms. The Morgan fingerprint density at radius 2 is 1.68 bits per heavy atom. The van der Waals surface area contributed by atoms with Gasteiger partial charge in [0.05, 0.1) is 0 Å². The Labute approximate surface area is 164 Å². The monoisotopic (exact) mass is 376 g/mol. The number of para-hydroxylation sites is 1. The number of ether oxygens (including phenoxy) is 2. The van der Waals surface area contributed by atoms with Crippen molar-refractivity contribution in [2.45, 2.75) is 33.1 Å². The van der Waals surface area contributed by atoms with Crippen molar-refractivity contribution in [1.29, 1.82) is 0 Å². The molecule has 0 aliphatic carbocycles. The number of fused-ring (bicyclic) bond motifs is 1. The molecule has 28 heavy (non-hydrogen) atoms. The minimum atomic E-state index is 0.0270. The van der Waals surface area contributed by atoms with Crippen molar-refractivity contribution in [2.75, 3.05) is 17.4 Å². The molecule has 2 heterocycles. The van der Waals surface area contributed by atoms with Crippen LogP contribution in [-0.4, -0.2) is 16.8 Å². The van der Waals surface area contributed by atoms with E-state index in [9.17, 15) is 0 Å². The lowest BCUT2D eigenvalue weighted by molar-refractivity contribution is 0.174. The predicted octanol–water partition coefficient (Wildman–Crippen LogP) is 5.30. The van der Waals surface area contributed by atoms with Crippen molar-refractivity contribution in [3.63, 3.8) is 0 Å². The molecular weight excluding hydrogens is 352 g/mol. The van der Waals surface area contributed by atoms with E-state index in [-0.39, 0.29) is 12.2 Å². The quantitative estimate of drug-likeness (QED) is 0.644. The van der Waals surface area contributed by atoms with Crippen LogP contribution in [0.4, 0.5) is 23.1 Å². The minimum Gasteiger partial charge on any atom is -0.454 e. The molecule has 0 saturated heterocycles. The van der Waals surface area contributed by atoms with Crippen LogP contribution < -0.4 is 20.1 Å². The first-order valence-electron chi connectivity index (χ1n) is 9.27. The fourth-order valence-corrected chi connectivity index (χ4v) is 3.18. The van der Waals surface area contributed by atoms with Crippen molar-refractivity contribution in [3.05, 3.63) is 59.8 Å². The van der Waals surface area contributed by atoms with Gasteiger partial charge in [-0.15, -0.1) is 0 Å². The average molecular weight is 376 g/mol. The molecule has 1 aliphatic heterocycles. The highest BCUT2D eigenvalue weighted by Gasteiger charge is 2.18. The van der Waals surface area contributed by atoms with Crippen LogP contribution in [0, 0.1) is 6.92 Å². The van der Waals surface area contributed by atoms with Gasteiger partial charge in [0.15, 0.2) is 11.5 Å². The van der Waals surface area contributed by atoms with E-state index >= 15 is 0 Å². The summed E-state index contributed by atoms with van der Waals surface area (Å²) in [4.78, 5) is 9.14. The van der Waals surface area contributed by atoms with Gasteiger partial charge in [-0.05, 0) is 36.1 Å². The highest BCUT2D eigenvalue weighted by Crippen LogP contribution is 2.35. The number of hydrogen-bond donors (Lipinski definition) is 2. The van der Waals surface area contributed by atoms with Crippen LogP contribution in [0.15, 0.2) is 48.5 Å². The van der Waals surface area contributed by atoms with Gasteiger partial charge in [0, 0.05) is 29.2 Å². The first kappa shape index (κ1) is 18.1. The van der Waals surface area contributed by atoms with Gasteiger partial charge in [-0.1, -0.05) is 39.0 Å². The van der Waals surface area contributed by atoms with E-state index in [0.717, 1.165) is 34.4 Å². The van der Waals surface area contributed by atoms with E-state index in [1.54, 1.807) is 0 Å². The van der Waals surface area contributed by atoms with E-state index in [1.165, 1.54) is 5.56 Å². The molecule has 0 spiro atoms. The zero-order valence-electron chi connectivity index (χ0n) is 16.5. The van der Waals surface area contributed by atoms with Crippen LogP contribution in [0.2, 0.25) is 0 Å². The molecule has 0 amide bonds. The minimum absolute atomic E-state index is 0.0270. The third kappa shape index (κ3) is 3.86. The molecule has 1 aliphatic rings. The van der Waals surface area contributed by atoms with E-state index in [2.05, 4.69) is 59.6 Å². The number of rotatable bonds is 4. The van der Waals surface area contributed by atoms with E-state index < -0.39 is 0 Å². The van der Waals surface area contributed by atoms with Gasteiger partial charge in [-0.25, -0.2) is 4.98 Å². The number of aryl methyl sites for hydroxylation is 1. The lowest BCUT2D eigenvalue weighted by atomic mass is 9.86. The fourth-order valence-electron chi connectivity index (χ4n) is 3.18. The summed E-state index contributed by atoms with van der Waals surface area (Å²) in [7, 11) is 0. The second kappa shape index (κ2) is 7.03. The van der Waals surface area contributed by atoms with Crippen LogP contribution >= 0.6 is 0 Å². The van der Waals surface area contributed by atoms with Gasteiger partial charge < -0.3 is 20.1 Å². The number of aromatic nitrogens is 2. The lowest BCUT2D eigenvalue weighted by Crippen LogP contribution is -2.14. The smallest absolute Gasteiger partial charge is 0.231 e. The molecule has 4 rings (SSSR count). The normalized spacial score (nSPS) is 12.7. The topological polar surface area (TPSA) is 68.3 Å². The van der Waals surface area contributed by atoms with Crippen LogP contribution in [0.5, 0.6) is 11.5 Å². The summed E-state index contributed by atoms with van der Waals surface area (Å²) in [6, 6.07) is 15.9. The van der Waals surface area contributed by atoms with Crippen molar-refractivity contribution < 1.29 is 9.47 Å².